The summed E-state index contributed by atoms with van der Waals surface area (Å²) in [5, 5.41) is 10.7. The molecule has 1 aromatic carbocycles. The predicted molar refractivity (Wildman–Crippen MR) is 87.8 cm³/mol. The highest BCUT2D eigenvalue weighted by Gasteiger charge is 2.21. The topological polar surface area (TPSA) is 91.4 Å². The van der Waals surface area contributed by atoms with E-state index in [2.05, 4.69) is 15.6 Å². The Kier molecular flexibility index (Phi) is 3.85. The summed E-state index contributed by atoms with van der Waals surface area (Å²) in [5.74, 6) is 1.70. The Morgan fingerprint density at radius 3 is 3.00 bits per heavy atom. The quantitative estimate of drug-likeness (QED) is 0.783. The number of anilines is 1. The van der Waals surface area contributed by atoms with Gasteiger partial charge < -0.3 is 19.3 Å². The minimum absolute atomic E-state index is 0.156. The molecule has 0 fully saturated rings. The van der Waals surface area contributed by atoms with Crippen LogP contribution in [0, 0.1) is 6.92 Å². The van der Waals surface area contributed by atoms with E-state index in [0.717, 1.165) is 11.5 Å². The molecule has 3 heterocycles. The molecular weight excluding hydrogens is 324 g/mol. The van der Waals surface area contributed by atoms with Crippen molar-refractivity contribution in [2.75, 3.05) is 11.9 Å². The zero-order valence-electron chi connectivity index (χ0n) is 13.5. The van der Waals surface area contributed by atoms with Gasteiger partial charge >= 0.3 is 0 Å². The molecule has 0 spiro atoms. The maximum atomic E-state index is 12.0. The molecule has 0 saturated heterocycles. The molecule has 8 nitrogen and oxygen atoms in total. The van der Waals surface area contributed by atoms with Gasteiger partial charge in [-0.2, -0.15) is 5.10 Å². The summed E-state index contributed by atoms with van der Waals surface area (Å²) in [5.41, 5.74) is 0.800. The Hall–Kier alpha value is -3.29. The summed E-state index contributed by atoms with van der Waals surface area (Å²) >= 11 is 0. The van der Waals surface area contributed by atoms with Crippen molar-refractivity contribution in [3.63, 3.8) is 0 Å². The Morgan fingerprint density at radius 2 is 2.20 bits per heavy atom. The molecule has 128 valence electrons. The summed E-state index contributed by atoms with van der Waals surface area (Å²) in [4.78, 5) is 12.0. The van der Waals surface area contributed by atoms with E-state index >= 15 is 0 Å². The van der Waals surface area contributed by atoms with Crippen molar-refractivity contribution >= 4 is 11.6 Å². The van der Waals surface area contributed by atoms with Gasteiger partial charge in [0.05, 0.1) is 18.4 Å². The molecule has 1 atom stereocenters. The summed E-state index contributed by atoms with van der Waals surface area (Å²) in [6, 6.07) is 9.12. The van der Waals surface area contributed by atoms with Crippen LogP contribution < -0.4 is 14.8 Å². The van der Waals surface area contributed by atoms with Crippen molar-refractivity contribution in [3.8, 4) is 11.5 Å². The first kappa shape index (κ1) is 15.3. The number of carbonyl (C=O) groups excluding carboxylic acids is 1. The van der Waals surface area contributed by atoms with Crippen molar-refractivity contribution < 1.29 is 18.8 Å². The first-order valence-corrected chi connectivity index (χ1v) is 7.83. The fourth-order valence-electron chi connectivity index (χ4n) is 2.56. The second-order valence-electron chi connectivity index (χ2n) is 5.73. The second-order valence-corrected chi connectivity index (χ2v) is 5.73. The van der Waals surface area contributed by atoms with E-state index in [0.29, 0.717) is 24.6 Å². The Bertz CT molecular complexity index is 901. The fourth-order valence-corrected chi connectivity index (χ4v) is 2.56. The van der Waals surface area contributed by atoms with Gasteiger partial charge in [-0.15, -0.1) is 0 Å². The molecule has 1 amide bonds. The van der Waals surface area contributed by atoms with Crippen molar-refractivity contribution in [1.29, 1.82) is 0 Å². The maximum absolute atomic E-state index is 12.0. The van der Waals surface area contributed by atoms with E-state index in [1.165, 1.54) is 0 Å². The highest BCUT2D eigenvalue weighted by Crippen LogP contribution is 2.31. The molecule has 1 aliphatic rings. The minimum atomic E-state index is -0.345. The minimum Gasteiger partial charge on any atom is -0.486 e. The van der Waals surface area contributed by atoms with Crippen LogP contribution in [-0.2, 0) is 6.54 Å². The number of rotatable bonds is 4. The largest absolute Gasteiger partial charge is 0.486 e. The van der Waals surface area contributed by atoms with Crippen LogP contribution in [-0.4, -0.2) is 33.6 Å². The molecule has 1 aliphatic heterocycles. The molecule has 25 heavy (non-hydrogen) atoms. The van der Waals surface area contributed by atoms with Crippen LogP contribution in [0.4, 0.5) is 5.69 Å². The highest BCUT2D eigenvalue weighted by molar-refractivity contribution is 6.02. The molecule has 0 radical (unpaired) electrons. The average Bonchev–Trinajstić information content (AvgIpc) is 3.24. The number of benzene rings is 1. The zero-order valence-corrected chi connectivity index (χ0v) is 13.5. The average molecular weight is 340 g/mol. The summed E-state index contributed by atoms with van der Waals surface area (Å²) in [7, 11) is 0. The summed E-state index contributed by atoms with van der Waals surface area (Å²) in [6.45, 7) is 2.68. The lowest BCUT2D eigenvalue weighted by Gasteiger charge is -2.26. The SMILES string of the molecule is Cc1cc(C(=O)Nc2cnn(C[C@H]3COc4ccccc4O3)c2)no1. The van der Waals surface area contributed by atoms with Gasteiger partial charge in [-0.05, 0) is 19.1 Å². The van der Waals surface area contributed by atoms with Crippen LogP contribution in [0.1, 0.15) is 16.2 Å². The van der Waals surface area contributed by atoms with E-state index in [4.69, 9.17) is 14.0 Å². The lowest BCUT2D eigenvalue weighted by atomic mass is 10.2. The highest BCUT2D eigenvalue weighted by atomic mass is 16.6. The van der Waals surface area contributed by atoms with Gasteiger partial charge in [-0.3, -0.25) is 9.48 Å². The van der Waals surface area contributed by atoms with Crippen LogP contribution in [0.5, 0.6) is 11.5 Å². The fraction of sp³-hybridized carbons (Fsp3) is 0.235. The molecular formula is C17H16N4O4. The smallest absolute Gasteiger partial charge is 0.277 e. The number of fused-ring (bicyclic) bond motifs is 1. The lowest BCUT2D eigenvalue weighted by molar-refractivity contribution is 0.0759. The van der Waals surface area contributed by atoms with Crippen LogP contribution in [0.15, 0.2) is 47.2 Å². The lowest BCUT2D eigenvalue weighted by Crippen LogP contribution is -2.33. The van der Waals surface area contributed by atoms with E-state index in [-0.39, 0.29) is 17.7 Å². The molecule has 1 N–H and O–H groups in total. The standard InChI is InChI=1S/C17H16N4O4/c1-11-6-14(20-25-11)17(22)19-12-7-18-21(8-12)9-13-10-23-15-4-2-3-5-16(15)24-13/h2-8,13H,9-10H2,1H3,(H,19,22)/t13-/m0/s1. The summed E-state index contributed by atoms with van der Waals surface area (Å²) in [6.07, 6.45) is 3.15. The van der Waals surface area contributed by atoms with Crippen molar-refractivity contribution in [2.45, 2.75) is 19.6 Å². The van der Waals surface area contributed by atoms with Gasteiger partial charge in [0.15, 0.2) is 23.3 Å². The van der Waals surface area contributed by atoms with Crippen LogP contribution in [0.3, 0.4) is 0 Å². The number of hydrogen-bond acceptors (Lipinski definition) is 6. The van der Waals surface area contributed by atoms with Gasteiger partial charge in [0.2, 0.25) is 0 Å². The van der Waals surface area contributed by atoms with Gasteiger partial charge in [0, 0.05) is 12.3 Å². The molecule has 3 aromatic rings. The van der Waals surface area contributed by atoms with E-state index in [9.17, 15) is 4.79 Å². The molecule has 2 aromatic heterocycles. The van der Waals surface area contributed by atoms with Crippen LogP contribution in [0.2, 0.25) is 0 Å². The molecule has 0 bridgehead atoms. The molecule has 0 saturated carbocycles. The third kappa shape index (κ3) is 3.32. The number of nitrogens with zero attached hydrogens (tertiary/aromatic N) is 3. The Labute approximate surface area is 143 Å². The third-order valence-corrected chi connectivity index (χ3v) is 3.71. The number of carbonyl (C=O) groups is 1. The van der Waals surface area contributed by atoms with Gasteiger partial charge in [0.1, 0.15) is 12.4 Å². The normalized spacial score (nSPS) is 15.8. The van der Waals surface area contributed by atoms with Gasteiger partial charge in [0.25, 0.3) is 5.91 Å². The monoisotopic (exact) mass is 340 g/mol. The molecule has 0 unspecified atom stereocenters. The van der Waals surface area contributed by atoms with E-state index in [1.54, 1.807) is 30.1 Å². The third-order valence-electron chi connectivity index (χ3n) is 3.71. The van der Waals surface area contributed by atoms with Crippen molar-refractivity contribution in [2.24, 2.45) is 0 Å². The number of nitrogens with one attached hydrogen (secondary N) is 1. The van der Waals surface area contributed by atoms with Gasteiger partial charge in [-0.1, -0.05) is 17.3 Å². The van der Waals surface area contributed by atoms with Crippen molar-refractivity contribution in [1.82, 2.24) is 14.9 Å². The Balaban J connectivity index is 1.38. The maximum Gasteiger partial charge on any atom is 0.277 e. The first-order chi connectivity index (χ1) is 12.2. The number of aromatic nitrogens is 3. The summed E-state index contributed by atoms with van der Waals surface area (Å²) < 4.78 is 18.2. The number of aryl methyl sites for hydroxylation is 1. The molecule has 4 rings (SSSR count). The van der Waals surface area contributed by atoms with Crippen molar-refractivity contribution in [3.05, 3.63) is 54.2 Å². The Morgan fingerprint density at radius 1 is 1.36 bits per heavy atom. The first-order valence-electron chi connectivity index (χ1n) is 7.83. The van der Waals surface area contributed by atoms with Crippen LogP contribution >= 0.6 is 0 Å². The van der Waals surface area contributed by atoms with E-state index < -0.39 is 0 Å². The van der Waals surface area contributed by atoms with E-state index in [1.807, 2.05) is 24.3 Å². The molecule has 8 heteroatoms. The van der Waals surface area contributed by atoms with Gasteiger partial charge in [-0.25, -0.2) is 0 Å². The predicted octanol–water partition coefficient (Wildman–Crippen LogP) is 2.27. The number of ether oxygens (including phenoxy) is 2. The van der Waals surface area contributed by atoms with Crippen LogP contribution in [0.25, 0.3) is 0 Å². The second kappa shape index (κ2) is 6.31. The number of hydrogen-bond donors (Lipinski definition) is 1. The number of amides is 1. The number of para-hydroxylation sites is 2. The zero-order chi connectivity index (χ0) is 17.2. The molecule has 0 aliphatic carbocycles.